The van der Waals surface area contributed by atoms with Crippen LogP contribution in [0.15, 0.2) is 36.5 Å². The second kappa shape index (κ2) is 5.85. The fourth-order valence-electron chi connectivity index (χ4n) is 1.72. The monoisotopic (exact) mass is 267 g/mol. The number of pyridine rings is 1. The van der Waals surface area contributed by atoms with Gasteiger partial charge in [-0.2, -0.15) is 5.26 Å². The van der Waals surface area contributed by atoms with Gasteiger partial charge in [-0.15, -0.1) is 0 Å². The molecule has 0 unspecified atom stereocenters. The van der Waals surface area contributed by atoms with Crippen molar-refractivity contribution in [3.63, 3.8) is 0 Å². The number of carboxylic acid groups (broad SMARTS) is 1. The molecular weight excluding hydrogens is 254 g/mol. The van der Waals surface area contributed by atoms with Crippen LogP contribution in [0.25, 0.3) is 0 Å². The Morgan fingerprint density at radius 1 is 1.40 bits per heavy atom. The highest BCUT2D eigenvalue weighted by atomic mass is 16.4. The van der Waals surface area contributed by atoms with E-state index in [1.54, 1.807) is 18.2 Å². The maximum Gasteiger partial charge on any atom is 0.337 e. The van der Waals surface area contributed by atoms with Crippen LogP contribution in [-0.4, -0.2) is 16.1 Å². The first-order valence-corrected chi connectivity index (χ1v) is 6.03. The van der Waals surface area contributed by atoms with Crippen molar-refractivity contribution in [3.05, 3.63) is 58.9 Å². The molecule has 1 heterocycles. The molecule has 100 valence electrons. The van der Waals surface area contributed by atoms with E-state index in [-0.39, 0.29) is 5.56 Å². The Morgan fingerprint density at radius 3 is 2.80 bits per heavy atom. The standard InChI is InChI=1S/C15H13N3O2/c1-10-2-3-11(7-16)6-14(10)18-9-13-5-4-12(8-17-13)15(19)20/h2-6,8,18H,9H2,1H3,(H,19,20). The Balaban J connectivity index is 2.09. The average molecular weight is 267 g/mol. The molecule has 1 aromatic heterocycles. The second-order valence-electron chi connectivity index (χ2n) is 4.34. The number of aryl methyl sites for hydroxylation is 1. The van der Waals surface area contributed by atoms with E-state index in [4.69, 9.17) is 10.4 Å². The number of nitriles is 1. The van der Waals surface area contributed by atoms with Crippen LogP contribution in [0.3, 0.4) is 0 Å². The Hall–Kier alpha value is -2.87. The number of anilines is 1. The largest absolute Gasteiger partial charge is 0.478 e. The molecule has 0 atom stereocenters. The predicted octanol–water partition coefficient (Wildman–Crippen LogP) is 2.57. The molecule has 0 aliphatic rings. The van der Waals surface area contributed by atoms with Crippen LogP contribution in [0.2, 0.25) is 0 Å². The summed E-state index contributed by atoms with van der Waals surface area (Å²) >= 11 is 0. The summed E-state index contributed by atoms with van der Waals surface area (Å²) in [5.41, 5.74) is 3.39. The minimum Gasteiger partial charge on any atom is -0.478 e. The molecule has 0 saturated carbocycles. The molecule has 2 aromatic rings. The van der Waals surface area contributed by atoms with E-state index < -0.39 is 5.97 Å². The van der Waals surface area contributed by atoms with Crippen LogP contribution in [0, 0.1) is 18.3 Å². The van der Waals surface area contributed by atoms with Gasteiger partial charge in [0.25, 0.3) is 0 Å². The zero-order chi connectivity index (χ0) is 14.5. The lowest BCUT2D eigenvalue weighted by molar-refractivity contribution is 0.0696. The van der Waals surface area contributed by atoms with Gasteiger partial charge in [0.05, 0.1) is 29.4 Å². The molecule has 5 heteroatoms. The first-order chi connectivity index (χ1) is 9.60. The zero-order valence-corrected chi connectivity index (χ0v) is 10.9. The van der Waals surface area contributed by atoms with Gasteiger partial charge in [0.15, 0.2) is 0 Å². The fourth-order valence-corrected chi connectivity index (χ4v) is 1.72. The van der Waals surface area contributed by atoms with Crippen molar-refractivity contribution in [3.8, 4) is 6.07 Å². The lowest BCUT2D eigenvalue weighted by atomic mass is 10.1. The summed E-state index contributed by atoms with van der Waals surface area (Å²) in [4.78, 5) is 14.8. The van der Waals surface area contributed by atoms with Crippen LogP contribution in [0.1, 0.15) is 27.2 Å². The van der Waals surface area contributed by atoms with Crippen molar-refractivity contribution < 1.29 is 9.90 Å². The number of carbonyl (C=O) groups is 1. The van der Waals surface area contributed by atoms with Gasteiger partial charge in [0.1, 0.15) is 0 Å². The Labute approximate surface area is 116 Å². The highest BCUT2D eigenvalue weighted by Gasteiger charge is 2.04. The van der Waals surface area contributed by atoms with Gasteiger partial charge in [-0.3, -0.25) is 4.98 Å². The van der Waals surface area contributed by atoms with Gasteiger partial charge < -0.3 is 10.4 Å². The smallest absolute Gasteiger partial charge is 0.337 e. The van der Waals surface area contributed by atoms with Crippen molar-refractivity contribution in [2.24, 2.45) is 0 Å². The molecule has 2 rings (SSSR count). The van der Waals surface area contributed by atoms with E-state index in [2.05, 4.69) is 16.4 Å². The molecule has 0 radical (unpaired) electrons. The number of carboxylic acids is 1. The Kier molecular flexibility index (Phi) is 3.96. The maximum atomic E-state index is 10.7. The minimum atomic E-state index is -0.991. The van der Waals surface area contributed by atoms with Crippen molar-refractivity contribution >= 4 is 11.7 Å². The summed E-state index contributed by atoms with van der Waals surface area (Å²) in [5, 5.41) is 20.9. The fraction of sp³-hybridized carbons (Fsp3) is 0.133. The van der Waals surface area contributed by atoms with Crippen molar-refractivity contribution in [2.45, 2.75) is 13.5 Å². The summed E-state index contributed by atoms with van der Waals surface area (Å²) in [6.07, 6.45) is 1.33. The highest BCUT2D eigenvalue weighted by Crippen LogP contribution is 2.17. The molecule has 0 aliphatic heterocycles. The van der Waals surface area contributed by atoms with Gasteiger partial charge in [-0.1, -0.05) is 6.07 Å². The lowest BCUT2D eigenvalue weighted by Gasteiger charge is -2.09. The van der Waals surface area contributed by atoms with Gasteiger partial charge >= 0.3 is 5.97 Å². The molecule has 0 bridgehead atoms. The third-order valence-electron chi connectivity index (χ3n) is 2.90. The van der Waals surface area contributed by atoms with Crippen LogP contribution in [-0.2, 0) is 6.54 Å². The summed E-state index contributed by atoms with van der Waals surface area (Å²) in [5.74, 6) is -0.991. The quantitative estimate of drug-likeness (QED) is 0.889. The average Bonchev–Trinajstić information content (AvgIpc) is 2.47. The topological polar surface area (TPSA) is 86.0 Å². The molecule has 0 amide bonds. The maximum absolute atomic E-state index is 10.7. The van der Waals surface area contributed by atoms with Gasteiger partial charge in [0, 0.05) is 11.9 Å². The predicted molar refractivity (Wildman–Crippen MR) is 74.4 cm³/mol. The molecule has 0 spiro atoms. The number of aromatic nitrogens is 1. The molecule has 0 fully saturated rings. The van der Waals surface area contributed by atoms with Gasteiger partial charge in [-0.05, 0) is 36.8 Å². The lowest BCUT2D eigenvalue weighted by Crippen LogP contribution is -2.04. The molecular formula is C15H13N3O2. The molecule has 2 N–H and O–H groups in total. The van der Waals surface area contributed by atoms with E-state index in [1.165, 1.54) is 12.3 Å². The first kappa shape index (κ1) is 13.6. The summed E-state index contributed by atoms with van der Waals surface area (Å²) in [6, 6.07) is 10.7. The number of hydrogen-bond donors (Lipinski definition) is 2. The highest BCUT2D eigenvalue weighted by molar-refractivity contribution is 5.87. The molecule has 5 nitrogen and oxygen atoms in total. The van der Waals surface area contributed by atoms with Crippen LogP contribution in [0.4, 0.5) is 5.69 Å². The first-order valence-electron chi connectivity index (χ1n) is 6.03. The molecule has 1 aromatic carbocycles. The third-order valence-corrected chi connectivity index (χ3v) is 2.90. The van der Waals surface area contributed by atoms with Crippen molar-refractivity contribution in [2.75, 3.05) is 5.32 Å². The van der Waals surface area contributed by atoms with E-state index in [1.807, 2.05) is 13.0 Å². The van der Waals surface area contributed by atoms with Crippen LogP contribution >= 0.6 is 0 Å². The number of rotatable bonds is 4. The van der Waals surface area contributed by atoms with E-state index in [0.29, 0.717) is 12.1 Å². The number of nitrogens with zero attached hydrogens (tertiary/aromatic N) is 2. The summed E-state index contributed by atoms with van der Waals surface area (Å²) in [6.45, 7) is 2.42. The van der Waals surface area contributed by atoms with Crippen molar-refractivity contribution in [1.29, 1.82) is 5.26 Å². The number of hydrogen-bond acceptors (Lipinski definition) is 4. The zero-order valence-electron chi connectivity index (χ0n) is 10.9. The second-order valence-corrected chi connectivity index (χ2v) is 4.34. The molecule has 20 heavy (non-hydrogen) atoms. The van der Waals surface area contributed by atoms with Gasteiger partial charge in [0.2, 0.25) is 0 Å². The van der Waals surface area contributed by atoms with E-state index in [9.17, 15) is 4.79 Å². The molecule has 0 saturated heterocycles. The Morgan fingerprint density at radius 2 is 2.20 bits per heavy atom. The number of benzene rings is 1. The van der Waals surface area contributed by atoms with E-state index in [0.717, 1.165) is 16.9 Å². The summed E-state index contributed by atoms with van der Waals surface area (Å²) < 4.78 is 0. The number of aromatic carboxylic acids is 1. The SMILES string of the molecule is Cc1ccc(C#N)cc1NCc1ccc(C(=O)O)cn1. The Bertz CT molecular complexity index is 673. The normalized spacial score (nSPS) is 9.80. The van der Waals surface area contributed by atoms with Crippen LogP contribution in [0.5, 0.6) is 0 Å². The van der Waals surface area contributed by atoms with Crippen molar-refractivity contribution in [1.82, 2.24) is 4.98 Å². The van der Waals surface area contributed by atoms with Crippen LogP contribution < -0.4 is 5.32 Å². The summed E-state index contributed by atoms with van der Waals surface area (Å²) in [7, 11) is 0. The number of nitrogens with one attached hydrogen (secondary N) is 1. The van der Waals surface area contributed by atoms with E-state index >= 15 is 0 Å². The van der Waals surface area contributed by atoms with Gasteiger partial charge in [-0.25, -0.2) is 4.79 Å². The molecule has 0 aliphatic carbocycles. The minimum absolute atomic E-state index is 0.163. The third kappa shape index (κ3) is 3.12.